The maximum Gasteiger partial charge on any atom is 0.160 e. The van der Waals surface area contributed by atoms with E-state index in [4.69, 9.17) is 18.9 Å². The first-order valence-corrected chi connectivity index (χ1v) is 11.8. The summed E-state index contributed by atoms with van der Waals surface area (Å²) in [5, 5.41) is 3.58. The summed E-state index contributed by atoms with van der Waals surface area (Å²) in [5.74, 6) is 3.56. The van der Waals surface area contributed by atoms with Crippen LogP contribution >= 0.6 is 0 Å². The number of ether oxygens (including phenoxy) is 4. The highest BCUT2D eigenvalue weighted by Gasteiger charge is 2.47. The second-order valence-electron chi connectivity index (χ2n) is 8.81. The lowest BCUT2D eigenvalue weighted by Gasteiger charge is -2.45. The van der Waals surface area contributed by atoms with Gasteiger partial charge in [-0.3, -0.25) is 0 Å². The minimum atomic E-state index is -0.253. The molecule has 6 nitrogen and oxygen atoms in total. The normalized spacial score (nSPS) is 20.2. The van der Waals surface area contributed by atoms with Gasteiger partial charge in [0.2, 0.25) is 0 Å². The maximum absolute atomic E-state index is 11.4. The summed E-state index contributed by atoms with van der Waals surface area (Å²) in [4.78, 5) is 11.4. The summed E-state index contributed by atoms with van der Waals surface area (Å²) in [6.07, 6.45) is 9.49. The molecule has 1 aliphatic rings. The van der Waals surface area contributed by atoms with Crippen molar-refractivity contribution in [2.75, 3.05) is 41.5 Å². The highest BCUT2D eigenvalue weighted by molar-refractivity contribution is 5.52. The summed E-state index contributed by atoms with van der Waals surface area (Å²) in [7, 11) is 6.69. The van der Waals surface area contributed by atoms with Crippen LogP contribution in [0, 0.1) is 17.3 Å². The van der Waals surface area contributed by atoms with Crippen LogP contribution in [0.2, 0.25) is 0 Å². The van der Waals surface area contributed by atoms with Crippen LogP contribution in [0.1, 0.15) is 45.1 Å². The van der Waals surface area contributed by atoms with Gasteiger partial charge in [0.15, 0.2) is 17.3 Å². The van der Waals surface area contributed by atoms with Crippen molar-refractivity contribution in [1.29, 1.82) is 0 Å². The van der Waals surface area contributed by atoms with E-state index in [2.05, 4.69) is 31.3 Å². The van der Waals surface area contributed by atoms with Crippen LogP contribution in [0.3, 0.4) is 0 Å². The van der Waals surface area contributed by atoms with Gasteiger partial charge in [-0.2, -0.15) is 0 Å². The van der Waals surface area contributed by atoms with Crippen LogP contribution < -0.4 is 14.8 Å². The summed E-state index contributed by atoms with van der Waals surface area (Å²) in [5.41, 5.74) is 0.984. The molecule has 1 aromatic rings. The number of aldehydes is 1. The van der Waals surface area contributed by atoms with E-state index in [1.165, 1.54) is 5.56 Å². The fourth-order valence-corrected chi connectivity index (χ4v) is 5.06. The maximum atomic E-state index is 11.4. The number of benzene rings is 1. The first-order valence-electron chi connectivity index (χ1n) is 11.8. The Bertz CT molecular complexity index is 817. The van der Waals surface area contributed by atoms with Crippen molar-refractivity contribution >= 4 is 6.29 Å². The first kappa shape index (κ1) is 26.8. The number of nitrogens with one attached hydrogen (secondary N) is 1. The number of methoxy groups -OCH3 is 4. The zero-order valence-corrected chi connectivity index (χ0v) is 21.1. The molecule has 1 aromatic carbocycles. The molecule has 0 amide bonds. The Labute approximate surface area is 199 Å². The van der Waals surface area contributed by atoms with Crippen molar-refractivity contribution in [3.63, 3.8) is 0 Å². The average molecular weight is 460 g/mol. The second kappa shape index (κ2) is 13.3. The third-order valence-electron chi connectivity index (χ3n) is 6.80. The van der Waals surface area contributed by atoms with Gasteiger partial charge in [0.05, 0.1) is 28.4 Å². The lowest BCUT2D eigenvalue weighted by Crippen LogP contribution is -2.41. The van der Waals surface area contributed by atoms with Gasteiger partial charge in [0.1, 0.15) is 12.0 Å². The third kappa shape index (κ3) is 6.32. The predicted molar refractivity (Wildman–Crippen MR) is 132 cm³/mol. The first-order chi connectivity index (χ1) is 16.0. The smallest absolute Gasteiger partial charge is 0.160 e. The summed E-state index contributed by atoms with van der Waals surface area (Å²) in [6, 6.07) is 6.08. The van der Waals surface area contributed by atoms with E-state index in [1.54, 1.807) is 28.4 Å². The van der Waals surface area contributed by atoms with E-state index < -0.39 is 0 Å². The van der Waals surface area contributed by atoms with E-state index in [0.717, 1.165) is 68.1 Å². The Balaban J connectivity index is 1.92. The predicted octanol–water partition coefficient (Wildman–Crippen LogP) is 4.93. The molecule has 1 aliphatic carbocycles. The number of allylic oxidation sites excluding steroid dienone is 3. The van der Waals surface area contributed by atoms with Gasteiger partial charge in [-0.15, -0.1) is 0 Å². The molecule has 2 rings (SSSR count). The summed E-state index contributed by atoms with van der Waals surface area (Å²) >= 11 is 0. The molecule has 0 bridgehead atoms. The number of hydrogen-bond donors (Lipinski definition) is 1. The third-order valence-corrected chi connectivity index (χ3v) is 6.80. The van der Waals surface area contributed by atoms with Crippen LogP contribution in [0.5, 0.6) is 11.5 Å². The van der Waals surface area contributed by atoms with Gasteiger partial charge in [0.25, 0.3) is 0 Å². The van der Waals surface area contributed by atoms with Gasteiger partial charge in [0, 0.05) is 11.8 Å². The number of rotatable bonds is 15. The molecule has 2 atom stereocenters. The van der Waals surface area contributed by atoms with Gasteiger partial charge in [-0.05, 0) is 74.4 Å². The zero-order valence-electron chi connectivity index (χ0n) is 21.1. The largest absolute Gasteiger partial charge is 0.497 e. The van der Waals surface area contributed by atoms with E-state index in [1.807, 2.05) is 18.2 Å². The Morgan fingerprint density at radius 3 is 2.33 bits per heavy atom. The molecule has 0 saturated carbocycles. The van der Waals surface area contributed by atoms with E-state index >= 15 is 0 Å². The lowest BCUT2D eigenvalue weighted by atomic mass is 9.61. The molecule has 2 unspecified atom stereocenters. The lowest BCUT2D eigenvalue weighted by molar-refractivity contribution is -0.109. The standard InChI is InChI=1S/C27H41NO5/c1-20(2)27(22(14-18-29)11-13-24(31-4)26(27)33-6)15-8-17-28-16-7-9-21-10-12-23(30-3)25(19-21)32-5/h10-13,18-20,22,28H,7-9,14-17H2,1-6H3. The molecule has 0 aromatic heterocycles. The Kier molecular flexibility index (Phi) is 10.8. The average Bonchev–Trinajstić information content (AvgIpc) is 2.83. The molecule has 0 radical (unpaired) electrons. The molecule has 1 N–H and O–H groups in total. The van der Waals surface area contributed by atoms with Crippen LogP contribution in [-0.2, 0) is 20.7 Å². The quantitative estimate of drug-likeness (QED) is 0.296. The molecule has 33 heavy (non-hydrogen) atoms. The van der Waals surface area contributed by atoms with Crippen LogP contribution in [-0.4, -0.2) is 47.8 Å². The minimum Gasteiger partial charge on any atom is -0.497 e. The molecule has 6 heteroatoms. The molecule has 0 spiro atoms. The van der Waals surface area contributed by atoms with E-state index in [0.29, 0.717) is 12.3 Å². The van der Waals surface area contributed by atoms with E-state index in [9.17, 15) is 4.79 Å². The summed E-state index contributed by atoms with van der Waals surface area (Å²) < 4.78 is 22.2. The topological polar surface area (TPSA) is 66.0 Å². The zero-order chi connectivity index (χ0) is 24.3. The molecule has 0 aliphatic heterocycles. The van der Waals surface area contributed by atoms with Gasteiger partial charge < -0.3 is 29.1 Å². The van der Waals surface area contributed by atoms with Crippen molar-refractivity contribution in [1.82, 2.24) is 5.32 Å². The second-order valence-corrected chi connectivity index (χ2v) is 8.81. The van der Waals surface area contributed by atoms with Gasteiger partial charge >= 0.3 is 0 Å². The molecular formula is C27H41NO5. The highest BCUT2D eigenvalue weighted by Crippen LogP contribution is 2.52. The minimum absolute atomic E-state index is 0.105. The monoisotopic (exact) mass is 459 g/mol. The number of hydrogen-bond acceptors (Lipinski definition) is 6. The molecular weight excluding hydrogens is 418 g/mol. The van der Waals surface area contributed by atoms with Crippen molar-refractivity contribution in [2.45, 2.75) is 46.0 Å². The molecule has 0 saturated heterocycles. The molecule has 184 valence electrons. The van der Waals surface area contributed by atoms with Crippen molar-refractivity contribution in [2.24, 2.45) is 17.3 Å². The number of carbonyl (C=O) groups excluding carboxylic acids is 1. The van der Waals surface area contributed by atoms with Crippen molar-refractivity contribution < 1.29 is 23.7 Å². The number of carbonyl (C=O) groups is 1. The Morgan fingerprint density at radius 2 is 1.73 bits per heavy atom. The fraction of sp³-hybridized carbons (Fsp3) is 0.593. The molecule has 0 fully saturated rings. The van der Waals surface area contributed by atoms with Gasteiger partial charge in [-0.1, -0.05) is 26.0 Å². The SMILES string of the molecule is COC1=C(OC)C(CCCNCCCc2ccc(OC)c(OC)c2)(C(C)C)C(CC=O)C=C1. The van der Waals surface area contributed by atoms with Crippen LogP contribution in [0.15, 0.2) is 41.9 Å². The molecule has 0 heterocycles. The highest BCUT2D eigenvalue weighted by atomic mass is 16.5. The Morgan fingerprint density at radius 1 is 1.00 bits per heavy atom. The van der Waals surface area contributed by atoms with Crippen molar-refractivity contribution in [3.8, 4) is 11.5 Å². The van der Waals surface area contributed by atoms with Gasteiger partial charge in [-0.25, -0.2) is 0 Å². The van der Waals surface area contributed by atoms with E-state index in [-0.39, 0.29) is 11.3 Å². The summed E-state index contributed by atoms with van der Waals surface area (Å²) in [6.45, 7) is 6.27. The van der Waals surface area contributed by atoms with Crippen molar-refractivity contribution in [3.05, 3.63) is 47.4 Å². The van der Waals surface area contributed by atoms with Crippen LogP contribution in [0.4, 0.5) is 0 Å². The fourth-order valence-electron chi connectivity index (χ4n) is 5.06. The van der Waals surface area contributed by atoms with Crippen LogP contribution in [0.25, 0.3) is 0 Å². The number of aryl methyl sites for hydroxylation is 1. The Hall–Kier alpha value is -2.47.